The monoisotopic (exact) mass is 453 g/mol. The number of methoxy groups -OCH3 is 3. The van der Waals surface area contributed by atoms with E-state index in [-0.39, 0.29) is 28.5 Å². The van der Waals surface area contributed by atoms with Crippen molar-refractivity contribution in [1.29, 1.82) is 0 Å². The average molecular weight is 453 g/mol. The number of benzene rings is 2. The molecule has 170 valence electrons. The molecule has 3 rings (SSSR count). The number of carbonyl (C=O) groups is 3. The summed E-state index contributed by atoms with van der Waals surface area (Å²) in [6, 6.07) is 7.88. The lowest BCUT2D eigenvalue weighted by Gasteiger charge is -2.30. The number of halogens is 3. The van der Waals surface area contributed by atoms with Gasteiger partial charge in [0.05, 0.1) is 27.0 Å². The Hall–Kier alpha value is -3.96. The summed E-state index contributed by atoms with van der Waals surface area (Å²) in [4.78, 5) is 38.3. The highest BCUT2D eigenvalue weighted by molar-refractivity contribution is 6.24. The average Bonchev–Trinajstić information content (AvgIpc) is 3.03. The Morgan fingerprint density at radius 2 is 1.56 bits per heavy atom. The van der Waals surface area contributed by atoms with Gasteiger partial charge in [-0.2, -0.15) is 13.2 Å². The number of rotatable bonds is 6. The van der Waals surface area contributed by atoms with Crippen LogP contribution >= 0.6 is 0 Å². The number of hydrogen-bond acceptors (Lipinski definition) is 6. The Morgan fingerprint density at radius 1 is 1.00 bits per heavy atom. The number of nitrogens with one attached hydrogen (secondary N) is 2. The van der Waals surface area contributed by atoms with E-state index in [1.54, 1.807) is 16.7 Å². The number of amides is 4. The van der Waals surface area contributed by atoms with Gasteiger partial charge in [-0.15, -0.1) is 0 Å². The quantitative estimate of drug-likeness (QED) is 0.651. The molecule has 32 heavy (non-hydrogen) atoms. The fourth-order valence-corrected chi connectivity index (χ4v) is 3.14. The van der Waals surface area contributed by atoms with Crippen LogP contribution in [0.1, 0.15) is 10.4 Å². The Labute approximate surface area is 180 Å². The summed E-state index contributed by atoms with van der Waals surface area (Å²) in [6.45, 7) is 0. The predicted octanol–water partition coefficient (Wildman–Crippen LogP) is 2.46. The second-order valence-electron chi connectivity index (χ2n) is 6.52. The topological polar surface area (TPSA) is 106 Å². The standard InChI is InChI=1S/C20H18F3N3O6/c1-30-13-9-11(10-14(31-2)15(13)32-3)16(27)24-19(20(21,22)23)17(28)26(18(29)25-19)12-7-5-4-6-8-12/h4-10H,1-3H3,(H,24,27)(H,25,29)/t19-/m1/s1. The van der Waals surface area contributed by atoms with Crippen LogP contribution in [0.25, 0.3) is 0 Å². The maximum absolute atomic E-state index is 14.1. The summed E-state index contributed by atoms with van der Waals surface area (Å²) in [5.74, 6) is -2.90. The fraction of sp³-hybridized carbons (Fsp3) is 0.250. The number of imide groups is 1. The molecule has 1 saturated heterocycles. The van der Waals surface area contributed by atoms with E-state index < -0.39 is 29.7 Å². The normalized spacial score (nSPS) is 18.2. The highest BCUT2D eigenvalue weighted by Gasteiger charge is 2.69. The molecule has 0 aliphatic carbocycles. The maximum Gasteiger partial charge on any atom is 0.440 e. The van der Waals surface area contributed by atoms with Gasteiger partial charge in [-0.25, -0.2) is 9.69 Å². The lowest BCUT2D eigenvalue weighted by molar-refractivity contribution is -0.197. The van der Waals surface area contributed by atoms with Crippen LogP contribution in [0.5, 0.6) is 17.2 Å². The zero-order chi connectivity index (χ0) is 23.7. The minimum absolute atomic E-state index is 0.00533. The van der Waals surface area contributed by atoms with Crippen molar-refractivity contribution in [3.05, 3.63) is 48.0 Å². The number of ether oxygens (including phenoxy) is 3. The van der Waals surface area contributed by atoms with Crippen molar-refractivity contribution in [2.24, 2.45) is 0 Å². The molecule has 1 fully saturated rings. The van der Waals surface area contributed by atoms with Crippen molar-refractivity contribution >= 4 is 23.5 Å². The molecule has 1 atom stereocenters. The molecular weight excluding hydrogens is 435 g/mol. The number of nitrogens with zero attached hydrogens (tertiary/aromatic N) is 1. The first-order valence-corrected chi connectivity index (χ1v) is 9.00. The van der Waals surface area contributed by atoms with Crippen LogP contribution in [0.15, 0.2) is 42.5 Å². The first kappa shape index (κ1) is 22.7. The van der Waals surface area contributed by atoms with Crippen molar-refractivity contribution < 1.29 is 41.8 Å². The highest BCUT2D eigenvalue weighted by Crippen LogP contribution is 2.39. The first-order valence-electron chi connectivity index (χ1n) is 9.00. The maximum atomic E-state index is 14.1. The number of alkyl halides is 3. The molecule has 4 amide bonds. The van der Waals surface area contributed by atoms with E-state index in [9.17, 15) is 27.6 Å². The van der Waals surface area contributed by atoms with Crippen LogP contribution in [0.3, 0.4) is 0 Å². The zero-order valence-electron chi connectivity index (χ0n) is 17.1. The van der Waals surface area contributed by atoms with Crippen molar-refractivity contribution in [2.45, 2.75) is 11.8 Å². The molecule has 1 aliphatic rings. The smallest absolute Gasteiger partial charge is 0.440 e. The lowest BCUT2D eigenvalue weighted by atomic mass is 10.1. The third-order valence-electron chi connectivity index (χ3n) is 4.69. The van der Waals surface area contributed by atoms with E-state index in [1.807, 2.05) is 0 Å². The van der Waals surface area contributed by atoms with Gasteiger partial charge in [0.2, 0.25) is 5.75 Å². The fourth-order valence-electron chi connectivity index (χ4n) is 3.14. The Balaban J connectivity index is 2.03. The molecule has 0 bridgehead atoms. The number of hydrogen-bond donors (Lipinski definition) is 2. The van der Waals surface area contributed by atoms with Gasteiger partial charge < -0.3 is 19.5 Å². The van der Waals surface area contributed by atoms with Crippen LogP contribution in [0, 0.1) is 0 Å². The van der Waals surface area contributed by atoms with Crippen LogP contribution in [-0.4, -0.2) is 51.0 Å². The van der Waals surface area contributed by atoms with Gasteiger partial charge >= 0.3 is 12.2 Å². The highest BCUT2D eigenvalue weighted by atomic mass is 19.4. The van der Waals surface area contributed by atoms with E-state index in [1.165, 1.54) is 45.6 Å². The molecule has 0 aromatic heterocycles. The molecule has 2 aromatic rings. The third kappa shape index (κ3) is 3.63. The van der Waals surface area contributed by atoms with E-state index in [2.05, 4.69) is 0 Å². The summed E-state index contributed by atoms with van der Waals surface area (Å²) < 4.78 is 57.5. The molecule has 9 nitrogen and oxygen atoms in total. The van der Waals surface area contributed by atoms with Crippen molar-refractivity contribution in [3.8, 4) is 17.2 Å². The summed E-state index contributed by atoms with van der Waals surface area (Å²) in [5.41, 5.74) is -4.11. The van der Waals surface area contributed by atoms with Crippen LogP contribution in [0.4, 0.5) is 23.7 Å². The molecule has 0 unspecified atom stereocenters. The SMILES string of the molecule is COc1cc(C(=O)N[C@@]2(C(F)(F)F)NC(=O)N(c3ccccc3)C2=O)cc(OC)c1OC. The first-order chi connectivity index (χ1) is 15.1. The van der Waals surface area contributed by atoms with Gasteiger partial charge in [0.15, 0.2) is 11.5 Å². The third-order valence-corrected chi connectivity index (χ3v) is 4.69. The Kier molecular flexibility index (Phi) is 5.88. The van der Waals surface area contributed by atoms with E-state index in [0.29, 0.717) is 4.90 Å². The Morgan fingerprint density at radius 3 is 2.03 bits per heavy atom. The van der Waals surface area contributed by atoms with Crippen LogP contribution in [0.2, 0.25) is 0 Å². The van der Waals surface area contributed by atoms with Crippen molar-refractivity contribution in [3.63, 3.8) is 0 Å². The van der Waals surface area contributed by atoms with E-state index in [4.69, 9.17) is 14.2 Å². The molecule has 0 radical (unpaired) electrons. The van der Waals surface area contributed by atoms with Crippen LogP contribution < -0.4 is 29.7 Å². The Bertz CT molecular complexity index is 1040. The van der Waals surface area contributed by atoms with Crippen LogP contribution in [-0.2, 0) is 4.79 Å². The number of carbonyl (C=O) groups excluding carboxylic acids is 3. The van der Waals surface area contributed by atoms with Crippen molar-refractivity contribution in [2.75, 3.05) is 26.2 Å². The summed E-state index contributed by atoms with van der Waals surface area (Å²) in [7, 11) is 3.83. The van der Waals surface area contributed by atoms with Gasteiger partial charge in [0.1, 0.15) is 0 Å². The second-order valence-corrected chi connectivity index (χ2v) is 6.52. The van der Waals surface area contributed by atoms with Gasteiger partial charge in [-0.05, 0) is 24.3 Å². The molecule has 1 heterocycles. The summed E-state index contributed by atoms with van der Waals surface area (Å²) in [6.07, 6.45) is -5.36. The van der Waals surface area contributed by atoms with Gasteiger partial charge in [0.25, 0.3) is 17.5 Å². The largest absolute Gasteiger partial charge is 0.493 e. The number of anilines is 1. The van der Waals surface area contributed by atoms with Gasteiger partial charge in [0, 0.05) is 5.56 Å². The van der Waals surface area contributed by atoms with E-state index in [0.717, 1.165) is 12.1 Å². The number of urea groups is 1. The summed E-state index contributed by atoms with van der Waals surface area (Å²) in [5, 5.41) is 3.21. The molecule has 0 spiro atoms. The molecule has 2 aromatic carbocycles. The molecular formula is C20H18F3N3O6. The lowest BCUT2D eigenvalue weighted by Crippen LogP contribution is -2.69. The molecule has 0 saturated carbocycles. The molecule has 12 heteroatoms. The van der Waals surface area contributed by atoms with E-state index >= 15 is 0 Å². The van der Waals surface area contributed by atoms with Gasteiger partial charge in [-0.3, -0.25) is 14.9 Å². The van der Waals surface area contributed by atoms with Crippen molar-refractivity contribution in [1.82, 2.24) is 10.6 Å². The predicted molar refractivity (Wildman–Crippen MR) is 105 cm³/mol. The number of para-hydroxylation sites is 1. The molecule has 1 aliphatic heterocycles. The minimum Gasteiger partial charge on any atom is -0.493 e. The summed E-state index contributed by atoms with van der Waals surface area (Å²) >= 11 is 0. The van der Waals surface area contributed by atoms with Gasteiger partial charge in [-0.1, -0.05) is 18.2 Å². The second kappa shape index (κ2) is 8.29. The zero-order valence-corrected chi connectivity index (χ0v) is 17.1. The minimum atomic E-state index is -5.36. The molecule has 2 N–H and O–H groups in total.